The molecule has 5 atom stereocenters. The Bertz CT molecular complexity index is 1280. The standard InChI is InChI=1S/C25H31F4N7O3/c1-14(39-22-5-3-4-10-38-22)23-32-17-12-31-21(11-18(17)36(23)15(2)25(27,28)29)33-20-6-8-30-24(34-20)35-9-7-19(37)16(26)13-35/h6,8,11-12,14-16,19,22,37H,3-5,7,9-10,13H2,1-2H3,(H,30,31,33,34)/t14-,15+,16+,19-,22?/m1/s1. The number of ether oxygens (including phenoxy) is 2. The topological polar surface area (TPSA) is 110 Å². The third kappa shape index (κ3) is 6.07. The molecule has 2 aliphatic rings. The van der Waals surface area contributed by atoms with Gasteiger partial charge in [0.05, 0.1) is 24.4 Å². The highest BCUT2D eigenvalue weighted by Gasteiger charge is 2.40. The molecule has 2 saturated heterocycles. The zero-order chi connectivity index (χ0) is 27.7. The van der Waals surface area contributed by atoms with E-state index >= 15 is 0 Å². The van der Waals surface area contributed by atoms with E-state index in [1.54, 1.807) is 17.9 Å². The SMILES string of the molecule is C[C@H](n1c([C@@H](C)OC2CCCCO2)nc2cnc(Nc3ccnc(N4CC[C@@H](O)[C@@H](F)C4)n3)cc21)C(F)(F)F. The third-order valence-electron chi connectivity index (χ3n) is 7.01. The van der Waals surface area contributed by atoms with Crippen LogP contribution in [0.2, 0.25) is 0 Å². The van der Waals surface area contributed by atoms with Crippen LogP contribution in [0.25, 0.3) is 11.0 Å². The molecule has 2 aliphatic heterocycles. The zero-order valence-corrected chi connectivity index (χ0v) is 21.6. The summed E-state index contributed by atoms with van der Waals surface area (Å²) >= 11 is 0. The third-order valence-corrected chi connectivity index (χ3v) is 7.01. The van der Waals surface area contributed by atoms with Crippen molar-refractivity contribution < 1.29 is 32.1 Å². The molecule has 0 amide bonds. The fourth-order valence-electron chi connectivity index (χ4n) is 4.81. The smallest absolute Gasteiger partial charge is 0.390 e. The summed E-state index contributed by atoms with van der Waals surface area (Å²) in [7, 11) is 0. The van der Waals surface area contributed by atoms with Crippen LogP contribution in [0.4, 0.5) is 35.1 Å². The Labute approximate surface area is 222 Å². The number of aliphatic hydroxyl groups excluding tert-OH is 1. The molecule has 0 aromatic carbocycles. The molecule has 0 aliphatic carbocycles. The normalized spacial score (nSPS) is 24.1. The van der Waals surface area contributed by atoms with Gasteiger partial charge in [-0.05, 0) is 45.6 Å². The van der Waals surface area contributed by atoms with Crippen LogP contribution in [0.3, 0.4) is 0 Å². The van der Waals surface area contributed by atoms with Crippen molar-refractivity contribution in [1.29, 1.82) is 0 Å². The number of alkyl halides is 4. The largest absolute Gasteiger partial charge is 0.408 e. The molecule has 5 heterocycles. The van der Waals surface area contributed by atoms with Crippen molar-refractivity contribution >= 4 is 28.6 Å². The summed E-state index contributed by atoms with van der Waals surface area (Å²) in [4.78, 5) is 19.0. The molecule has 3 aromatic heterocycles. The van der Waals surface area contributed by atoms with Crippen LogP contribution in [0, 0.1) is 0 Å². The summed E-state index contributed by atoms with van der Waals surface area (Å²) in [5, 5.41) is 12.7. The first-order chi connectivity index (χ1) is 18.6. The highest BCUT2D eigenvalue weighted by Crippen LogP contribution is 2.37. The highest BCUT2D eigenvalue weighted by atomic mass is 19.4. The average molecular weight is 554 g/mol. The lowest BCUT2D eigenvalue weighted by Gasteiger charge is -2.32. The van der Waals surface area contributed by atoms with E-state index in [-0.39, 0.29) is 41.6 Å². The molecule has 0 radical (unpaired) electrons. The van der Waals surface area contributed by atoms with E-state index in [4.69, 9.17) is 9.47 Å². The second kappa shape index (κ2) is 11.2. The van der Waals surface area contributed by atoms with E-state index in [2.05, 4.69) is 25.3 Å². The molecular weight excluding hydrogens is 522 g/mol. The minimum atomic E-state index is -4.53. The van der Waals surface area contributed by atoms with Gasteiger partial charge >= 0.3 is 6.18 Å². The number of anilines is 3. The second-order valence-corrected chi connectivity index (χ2v) is 9.88. The molecule has 10 nitrogen and oxygen atoms in total. The van der Waals surface area contributed by atoms with E-state index in [1.807, 2.05) is 0 Å². The van der Waals surface area contributed by atoms with E-state index in [1.165, 1.54) is 18.5 Å². The number of aliphatic hydroxyl groups is 1. The van der Waals surface area contributed by atoms with Crippen molar-refractivity contribution in [2.45, 2.75) is 76.4 Å². The van der Waals surface area contributed by atoms with Gasteiger partial charge in [-0.15, -0.1) is 0 Å². The van der Waals surface area contributed by atoms with E-state index in [0.717, 1.165) is 24.3 Å². The molecule has 0 saturated carbocycles. The fraction of sp³-hybridized carbons (Fsp3) is 0.600. The van der Waals surface area contributed by atoms with Crippen molar-refractivity contribution in [3.8, 4) is 0 Å². The van der Waals surface area contributed by atoms with E-state index in [0.29, 0.717) is 25.4 Å². The van der Waals surface area contributed by atoms with Gasteiger partial charge in [0.25, 0.3) is 0 Å². The van der Waals surface area contributed by atoms with Crippen molar-refractivity contribution in [1.82, 2.24) is 24.5 Å². The van der Waals surface area contributed by atoms with Gasteiger partial charge in [-0.25, -0.2) is 19.3 Å². The van der Waals surface area contributed by atoms with Gasteiger partial charge in [0.15, 0.2) is 6.29 Å². The van der Waals surface area contributed by atoms with E-state index < -0.39 is 36.9 Å². The number of nitrogens with one attached hydrogen (secondary N) is 1. The predicted octanol–water partition coefficient (Wildman–Crippen LogP) is 4.60. The maximum absolute atomic E-state index is 14.0. The minimum Gasteiger partial charge on any atom is -0.390 e. The van der Waals surface area contributed by atoms with Crippen molar-refractivity contribution in [3.05, 3.63) is 30.4 Å². The number of aromatic nitrogens is 5. The second-order valence-electron chi connectivity index (χ2n) is 9.88. The molecule has 0 spiro atoms. The minimum absolute atomic E-state index is 0.0434. The van der Waals surface area contributed by atoms with Gasteiger partial charge in [-0.1, -0.05) is 0 Å². The number of piperidine rings is 1. The summed E-state index contributed by atoms with van der Waals surface area (Å²) in [6, 6.07) is 1.18. The summed E-state index contributed by atoms with van der Waals surface area (Å²) in [5.74, 6) is 0.968. The number of halogens is 4. The van der Waals surface area contributed by atoms with Crippen LogP contribution in [0.1, 0.15) is 57.5 Å². The van der Waals surface area contributed by atoms with Crippen molar-refractivity contribution in [2.75, 3.05) is 29.9 Å². The molecule has 1 unspecified atom stereocenters. The summed E-state index contributed by atoms with van der Waals surface area (Å²) in [5.41, 5.74) is 0.516. The Morgan fingerprint density at radius 1 is 1.15 bits per heavy atom. The number of pyridine rings is 1. The predicted molar refractivity (Wildman–Crippen MR) is 134 cm³/mol. The Hall–Kier alpha value is -3.10. The first-order valence-electron chi connectivity index (χ1n) is 13.0. The maximum Gasteiger partial charge on any atom is 0.408 e. The van der Waals surface area contributed by atoms with Crippen molar-refractivity contribution in [3.63, 3.8) is 0 Å². The van der Waals surface area contributed by atoms with Crippen LogP contribution in [0.5, 0.6) is 0 Å². The molecule has 2 fully saturated rings. The Balaban J connectivity index is 1.43. The molecule has 3 aromatic rings. The fourth-order valence-corrected chi connectivity index (χ4v) is 4.81. The van der Waals surface area contributed by atoms with Gasteiger partial charge in [0, 0.05) is 25.4 Å². The Morgan fingerprint density at radius 2 is 1.97 bits per heavy atom. The monoisotopic (exact) mass is 553 g/mol. The number of hydrogen-bond acceptors (Lipinski definition) is 9. The van der Waals surface area contributed by atoms with Gasteiger partial charge in [-0.2, -0.15) is 18.2 Å². The first kappa shape index (κ1) is 27.5. The number of nitrogens with zero attached hydrogens (tertiary/aromatic N) is 6. The summed E-state index contributed by atoms with van der Waals surface area (Å²) < 4.78 is 68.6. The zero-order valence-electron chi connectivity index (χ0n) is 21.6. The molecule has 5 rings (SSSR count). The average Bonchev–Trinajstić information content (AvgIpc) is 3.29. The Kier molecular flexibility index (Phi) is 7.87. The highest BCUT2D eigenvalue weighted by molar-refractivity contribution is 5.79. The molecular formula is C25H31F4N7O3. The molecule has 2 N–H and O–H groups in total. The van der Waals surface area contributed by atoms with Crippen LogP contribution in [-0.4, -0.2) is 74.0 Å². The number of fused-ring (bicyclic) bond motifs is 1. The van der Waals surface area contributed by atoms with Crippen molar-refractivity contribution in [2.24, 2.45) is 0 Å². The van der Waals surface area contributed by atoms with Crippen LogP contribution in [-0.2, 0) is 9.47 Å². The lowest BCUT2D eigenvalue weighted by Crippen LogP contribution is -2.45. The molecule has 0 bridgehead atoms. The van der Waals surface area contributed by atoms with Gasteiger partial charge in [0.2, 0.25) is 5.95 Å². The van der Waals surface area contributed by atoms with E-state index in [9.17, 15) is 22.7 Å². The molecule has 39 heavy (non-hydrogen) atoms. The van der Waals surface area contributed by atoms with Gasteiger partial charge in [-0.3, -0.25) is 0 Å². The first-order valence-corrected chi connectivity index (χ1v) is 13.0. The Morgan fingerprint density at radius 3 is 2.69 bits per heavy atom. The number of imidazole rings is 1. The lowest BCUT2D eigenvalue weighted by molar-refractivity contribution is -0.190. The van der Waals surface area contributed by atoms with Crippen LogP contribution >= 0.6 is 0 Å². The lowest BCUT2D eigenvalue weighted by atomic mass is 10.1. The number of rotatable bonds is 7. The van der Waals surface area contributed by atoms with Gasteiger partial charge < -0.3 is 29.4 Å². The molecule has 212 valence electrons. The summed E-state index contributed by atoms with van der Waals surface area (Å²) in [6.07, 6.45) is -2.57. The van der Waals surface area contributed by atoms with Crippen LogP contribution < -0.4 is 10.2 Å². The number of hydrogen-bond donors (Lipinski definition) is 2. The summed E-state index contributed by atoms with van der Waals surface area (Å²) in [6.45, 7) is 3.63. The van der Waals surface area contributed by atoms with Gasteiger partial charge in [0.1, 0.15) is 41.3 Å². The quantitative estimate of drug-likeness (QED) is 0.406. The molecule has 14 heteroatoms. The van der Waals surface area contributed by atoms with Crippen LogP contribution in [0.15, 0.2) is 24.5 Å². The maximum atomic E-state index is 14.0.